The van der Waals surface area contributed by atoms with Crippen LogP contribution in [0.5, 0.6) is 5.88 Å². The number of benzene rings is 1. The van der Waals surface area contributed by atoms with Crippen LogP contribution in [0.4, 0.5) is 5.82 Å². The molecule has 2 heterocycles. The predicted molar refractivity (Wildman–Crippen MR) is 117 cm³/mol. The fourth-order valence-corrected chi connectivity index (χ4v) is 2.77. The van der Waals surface area contributed by atoms with E-state index in [9.17, 15) is 4.79 Å². The molecule has 0 aliphatic rings. The molecule has 0 fully saturated rings. The number of terminal acetylenes is 1. The van der Waals surface area contributed by atoms with Gasteiger partial charge in [0.05, 0.1) is 17.0 Å². The molecule has 3 aromatic rings. The number of nitrogens with two attached hydrogens (primary N) is 1. The summed E-state index contributed by atoms with van der Waals surface area (Å²) in [6, 6.07) is 19.6. The Kier molecular flexibility index (Phi) is 7.74. The molecule has 158 valence electrons. The minimum Gasteiger partial charge on any atom is -0.470 e. The summed E-state index contributed by atoms with van der Waals surface area (Å²) in [7, 11) is 0. The van der Waals surface area contributed by atoms with Crippen molar-refractivity contribution in [3.8, 4) is 18.3 Å². The molecule has 2 aromatic heterocycles. The van der Waals surface area contributed by atoms with Crippen molar-refractivity contribution in [1.29, 1.82) is 0 Å². The van der Waals surface area contributed by atoms with Gasteiger partial charge in [0.25, 0.3) is 5.91 Å². The van der Waals surface area contributed by atoms with Gasteiger partial charge in [-0.25, -0.2) is 0 Å². The molecule has 0 unspecified atom stereocenters. The number of ether oxygens (including phenoxy) is 1. The average Bonchev–Trinajstić information content (AvgIpc) is 2.80. The normalized spacial score (nSPS) is 10.2. The van der Waals surface area contributed by atoms with Gasteiger partial charge in [-0.3, -0.25) is 20.6 Å². The van der Waals surface area contributed by atoms with Crippen molar-refractivity contribution >= 4 is 11.7 Å². The highest BCUT2D eigenvalue weighted by Crippen LogP contribution is 2.16. The van der Waals surface area contributed by atoms with Crippen molar-refractivity contribution in [3.05, 3.63) is 77.1 Å². The Morgan fingerprint density at radius 1 is 1.10 bits per heavy atom. The summed E-state index contributed by atoms with van der Waals surface area (Å²) < 4.78 is 5.63. The maximum absolute atomic E-state index is 11.6. The molecule has 5 N–H and O–H groups in total. The molecule has 0 aliphatic heterocycles. The van der Waals surface area contributed by atoms with E-state index in [0.717, 1.165) is 24.4 Å². The molecule has 3 rings (SSSR count). The van der Waals surface area contributed by atoms with E-state index in [1.165, 1.54) is 11.6 Å². The van der Waals surface area contributed by atoms with E-state index >= 15 is 0 Å². The first kappa shape index (κ1) is 21.5. The molecule has 9 nitrogen and oxygen atoms in total. The number of primary amides is 1. The van der Waals surface area contributed by atoms with E-state index in [2.05, 4.69) is 49.5 Å². The third kappa shape index (κ3) is 6.69. The number of pyridine rings is 1. The zero-order valence-corrected chi connectivity index (χ0v) is 16.8. The number of anilines is 1. The molecule has 0 atom stereocenters. The van der Waals surface area contributed by atoms with Gasteiger partial charge >= 0.3 is 0 Å². The number of nitrogens with zero attached hydrogens (tertiary/aromatic N) is 3. The predicted octanol–water partition coefficient (Wildman–Crippen LogP) is 1.39. The van der Waals surface area contributed by atoms with Crippen molar-refractivity contribution in [3.63, 3.8) is 0 Å². The standard InChI is InChI=1S/C22H23N7O2/c1-2-25-28-22-19(21(23)30)13-20(27-29-22)31-15-18-10-6-9-17(26-18)14-24-12-11-16-7-4-3-5-8-16/h1,3-10,13,24-25H,11-12,14-15H2,(H2,23,30)(H,28,29). The Bertz CT molecular complexity index is 1050. The topological polar surface area (TPSA) is 127 Å². The summed E-state index contributed by atoms with van der Waals surface area (Å²) in [6.45, 7) is 1.67. The fourth-order valence-electron chi connectivity index (χ4n) is 2.77. The second kappa shape index (κ2) is 11.1. The lowest BCUT2D eigenvalue weighted by molar-refractivity contribution is 0.1000. The Hall–Kier alpha value is -4.16. The lowest BCUT2D eigenvalue weighted by atomic mass is 10.1. The molecule has 1 aromatic carbocycles. The third-order valence-corrected chi connectivity index (χ3v) is 4.26. The highest BCUT2D eigenvalue weighted by molar-refractivity contribution is 5.97. The van der Waals surface area contributed by atoms with Gasteiger partial charge in [0, 0.05) is 18.7 Å². The molecular weight excluding hydrogens is 394 g/mol. The van der Waals surface area contributed by atoms with Gasteiger partial charge < -0.3 is 15.8 Å². The van der Waals surface area contributed by atoms with Gasteiger partial charge in [0.1, 0.15) is 6.61 Å². The Balaban J connectivity index is 1.53. The lowest BCUT2D eigenvalue weighted by Crippen LogP contribution is -2.22. The molecular formula is C22H23N7O2. The lowest BCUT2D eigenvalue weighted by Gasteiger charge is -2.10. The van der Waals surface area contributed by atoms with Crippen LogP contribution in [0.1, 0.15) is 27.3 Å². The van der Waals surface area contributed by atoms with E-state index < -0.39 is 5.91 Å². The second-order valence-corrected chi connectivity index (χ2v) is 6.52. The number of hydrogen-bond acceptors (Lipinski definition) is 8. The van der Waals surface area contributed by atoms with Gasteiger partial charge in [-0.1, -0.05) is 42.8 Å². The van der Waals surface area contributed by atoms with E-state index in [1.807, 2.05) is 36.4 Å². The number of hydrogen-bond donors (Lipinski definition) is 4. The molecule has 9 heteroatoms. The molecule has 1 amide bonds. The maximum atomic E-state index is 11.6. The molecule has 0 saturated carbocycles. The number of carbonyl (C=O) groups is 1. The summed E-state index contributed by atoms with van der Waals surface area (Å²) in [6.07, 6.45) is 6.05. The highest BCUT2D eigenvalue weighted by Gasteiger charge is 2.13. The van der Waals surface area contributed by atoms with Crippen molar-refractivity contribution in [1.82, 2.24) is 25.9 Å². The fraction of sp³-hybridized carbons (Fsp3) is 0.182. The van der Waals surface area contributed by atoms with Crippen LogP contribution in [-0.4, -0.2) is 27.6 Å². The summed E-state index contributed by atoms with van der Waals surface area (Å²) in [5, 5.41) is 11.2. The van der Waals surface area contributed by atoms with Gasteiger partial charge in [0.2, 0.25) is 5.88 Å². The van der Waals surface area contributed by atoms with Crippen molar-refractivity contribution < 1.29 is 9.53 Å². The van der Waals surface area contributed by atoms with Crippen molar-refractivity contribution in [2.24, 2.45) is 5.73 Å². The van der Waals surface area contributed by atoms with Crippen LogP contribution < -0.4 is 26.6 Å². The van der Waals surface area contributed by atoms with Crippen LogP contribution in [0.2, 0.25) is 0 Å². The number of nitrogens with one attached hydrogen (secondary N) is 3. The smallest absolute Gasteiger partial charge is 0.252 e. The minimum absolute atomic E-state index is 0.0945. The Morgan fingerprint density at radius 2 is 1.90 bits per heavy atom. The third-order valence-electron chi connectivity index (χ3n) is 4.26. The van der Waals surface area contributed by atoms with Gasteiger partial charge in [-0.05, 0) is 30.7 Å². The van der Waals surface area contributed by atoms with Crippen molar-refractivity contribution in [2.75, 3.05) is 12.0 Å². The molecule has 0 spiro atoms. The van der Waals surface area contributed by atoms with Gasteiger partial charge in [-0.15, -0.1) is 10.2 Å². The first-order chi connectivity index (χ1) is 15.2. The van der Waals surface area contributed by atoms with Crippen LogP contribution in [0.3, 0.4) is 0 Å². The van der Waals surface area contributed by atoms with Crippen LogP contribution in [0.15, 0.2) is 54.6 Å². The average molecular weight is 417 g/mol. The summed E-state index contributed by atoms with van der Waals surface area (Å²) in [5.74, 6) is -0.435. The zero-order valence-electron chi connectivity index (χ0n) is 16.8. The summed E-state index contributed by atoms with van der Waals surface area (Å²) in [4.78, 5) is 16.2. The zero-order chi connectivity index (χ0) is 21.9. The Morgan fingerprint density at radius 3 is 2.68 bits per heavy atom. The van der Waals surface area contributed by atoms with Crippen LogP contribution in [-0.2, 0) is 19.6 Å². The van der Waals surface area contributed by atoms with Crippen LogP contribution >= 0.6 is 0 Å². The van der Waals surface area contributed by atoms with Gasteiger partial charge in [0.15, 0.2) is 5.82 Å². The summed E-state index contributed by atoms with van der Waals surface area (Å²) in [5.41, 5.74) is 13.3. The number of amides is 1. The first-order valence-electron chi connectivity index (χ1n) is 9.62. The quantitative estimate of drug-likeness (QED) is 0.160. The molecule has 0 aliphatic carbocycles. The number of aromatic nitrogens is 3. The van der Waals surface area contributed by atoms with Gasteiger partial charge in [-0.2, -0.15) is 0 Å². The van der Waals surface area contributed by atoms with E-state index in [-0.39, 0.29) is 23.9 Å². The monoisotopic (exact) mass is 417 g/mol. The number of rotatable bonds is 11. The largest absolute Gasteiger partial charge is 0.470 e. The number of carbonyl (C=O) groups excluding carboxylic acids is 1. The SMILES string of the molecule is C#CNNc1nnc(OCc2cccc(CNCCc3ccccc3)n2)cc1C(N)=O. The molecule has 0 saturated heterocycles. The van der Waals surface area contributed by atoms with E-state index in [1.54, 1.807) is 0 Å². The molecule has 0 bridgehead atoms. The second-order valence-electron chi connectivity index (χ2n) is 6.52. The summed E-state index contributed by atoms with van der Waals surface area (Å²) >= 11 is 0. The van der Waals surface area contributed by atoms with E-state index in [4.69, 9.17) is 16.9 Å². The highest BCUT2D eigenvalue weighted by atomic mass is 16.5. The minimum atomic E-state index is -0.692. The number of hydrazine groups is 1. The van der Waals surface area contributed by atoms with Crippen LogP contribution in [0.25, 0.3) is 0 Å². The first-order valence-corrected chi connectivity index (χ1v) is 9.62. The van der Waals surface area contributed by atoms with E-state index in [0.29, 0.717) is 6.54 Å². The van der Waals surface area contributed by atoms with Crippen LogP contribution in [0, 0.1) is 12.5 Å². The molecule has 0 radical (unpaired) electrons. The van der Waals surface area contributed by atoms with Crippen molar-refractivity contribution in [2.45, 2.75) is 19.6 Å². The Labute approximate surface area is 180 Å². The maximum Gasteiger partial charge on any atom is 0.252 e. The molecule has 31 heavy (non-hydrogen) atoms.